The average molecular weight is 244 g/mol. The van der Waals surface area contributed by atoms with Crippen molar-refractivity contribution in [3.63, 3.8) is 0 Å². The Kier molecular flexibility index (Phi) is 3.77. The number of carbonyl (C=O) groups is 1. The largest absolute Gasteiger partial charge is 0.493 e. The average Bonchev–Trinajstić information content (AvgIpc) is 2.76. The first-order valence-electron chi connectivity index (χ1n) is 5.95. The molecular formula is C14H16N2O2. The highest BCUT2D eigenvalue weighted by atomic mass is 16.5. The molecule has 2 rings (SSSR count). The number of Topliss-reactive ketones (excluding diaryl/α,β-unsaturated/α-hetero) is 1. The number of ether oxygens (including phenoxy) is 1. The maximum Gasteiger partial charge on any atom is 0.186 e. The fourth-order valence-electron chi connectivity index (χ4n) is 1.79. The van der Waals surface area contributed by atoms with Crippen LogP contribution in [0.25, 0.3) is 0 Å². The SMILES string of the molecule is CCOc1ccccc1C(=O)Cn1ccnc1C. The predicted octanol–water partition coefficient (Wildman–Crippen LogP) is 2.47. The van der Waals surface area contributed by atoms with Crippen molar-refractivity contribution >= 4 is 5.78 Å². The van der Waals surface area contributed by atoms with E-state index in [1.807, 2.05) is 36.6 Å². The third-order valence-electron chi connectivity index (χ3n) is 2.72. The predicted molar refractivity (Wildman–Crippen MR) is 68.9 cm³/mol. The van der Waals surface area contributed by atoms with Crippen molar-refractivity contribution in [2.24, 2.45) is 0 Å². The van der Waals surface area contributed by atoms with Gasteiger partial charge >= 0.3 is 0 Å². The second kappa shape index (κ2) is 5.49. The van der Waals surface area contributed by atoms with E-state index in [0.29, 0.717) is 17.9 Å². The summed E-state index contributed by atoms with van der Waals surface area (Å²) >= 11 is 0. The Labute approximate surface area is 106 Å². The van der Waals surface area contributed by atoms with Gasteiger partial charge in [-0.15, -0.1) is 0 Å². The van der Waals surface area contributed by atoms with E-state index in [0.717, 1.165) is 5.82 Å². The van der Waals surface area contributed by atoms with Crippen LogP contribution in [-0.2, 0) is 6.54 Å². The lowest BCUT2D eigenvalue weighted by atomic mass is 10.1. The molecule has 0 saturated carbocycles. The van der Waals surface area contributed by atoms with Gasteiger partial charge in [0.05, 0.1) is 18.7 Å². The van der Waals surface area contributed by atoms with E-state index in [9.17, 15) is 4.79 Å². The van der Waals surface area contributed by atoms with Gasteiger partial charge < -0.3 is 9.30 Å². The van der Waals surface area contributed by atoms with E-state index < -0.39 is 0 Å². The third kappa shape index (κ3) is 2.59. The first kappa shape index (κ1) is 12.4. The second-order valence-electron chi connectivity index (χ2n) is 3.95. The smallest absolute Gasteiger partial charge is 0.186 e. The topological polar surface area (TPSA) is 44.1 Å². The van der Waals surface area contributed by atoms with Crippen LogP contribution in [0.2, 0.25) is 0 Å². The molecule has 18 heavy (non-hydrogen) atoms. The standard InChI is InChI=1S/C14H16N2O2/c1-3-18-14-7-5-4-6-12(14)13(17)10-16-9-8-15-11(16)2/h4-9H,3,10H2,1-2H3. The molecule has 2 aromatic rings. The zero-order valence-electron chi connectivity index (χ0n) is 10.6. The number of para-hydroxylation sites is 1. The Morgan fingerprint density at radius 3 is 2.83 bits per heavy atom. The highest BCUT2D eigenvalue weighted by Gasteiger charge is 2.13. The van der Waals surface area contributed by atoms with E-state index >= 15 is 0 Å². The fraction of sp³-hybridized carbons (Fsp3) is 0.286. The van der Waals surface area contributed by atoms with E-state index in [2.05, 4.69) is 4.98 Å². The number of imidazole rings is 1. The molecule has 0 N–H and O–H groups in total. The lowest BCUT2D eigenvalue weighted by Crippen LogP contribution is -2.12. The lowest BCUT2D eigenvalue weighted by Gasteiger charge is -2.10. The van der Waals surface area contributed by atoms with Crippen LogP contribution in [0.1, 0.15) is 23.1 Å². The highest BCUT2D eigenvalue weighted by molar-refractivity contribution is 5.98. The van der Waals surface area contributed by atoms with Crippen LogP contribution in [0.15, 0.2) is 36.7 Å². The van der Waals surface area contributed by atoms with Crippen LogP contribution in [0.5, 0.6) is 5.75 Å². The van der Waals surface area contributed by atoms with E-state index in [1.165, 1.54) is 0 Å². The molecule has 4 heteroatoms. The van der Waals surface area contributed by atoms with Gasteiger partial charge in [0.1, 0.15) is 11.6 Å². The minimum absolute atomic E-state index is 0.0279. The van der Waals surface area contributed by atoms with Crippen LogP contribution in [0, 0.1) is 6.92 Å². The highest BCUT2D eigenvalue weighted by Crippen LogP contribution is 2.19. The number of nitrogens with zero attached hydrogens (tertiary/aromatic N) is 2. The second-order valence-corrected chi connectivity index (χ2v) is 3.95. The quantitative estimate of drug-likeness (QED) is 0.759. The van der Waals surface area contributed by atoms with Gasteiger partial charge in [0.2, 0.25) is 0 Å². The molecule has 0 aliphatic carbocycles. The van der Waals surface area contributed by atoms with Gasteiger partial charge in [-0.05, 0) is 26.0 Å². The summed E-state index contributed by atoms with van der Waals surface area (Å²) in [6.07, 6.45) is 3.49. The summed E-state index contributed by atoms with van der Waals surface area (Å²) in [6, 6.07) is 7.32. The van der Waals surface area contributed by atoms with Gasteiger partial charge in [0.25, 0.3) is 0 Å². The zero-order chi connectivity index (χ0) is 13.0. The van der Waals surface area contributed by atoms with Crippen molar-refractivity contribution in [2.45, 2.75) is 20.4 Å². The number of rotatable bonds is 5. The van der Waals surface area contributed by atoms with Gasteiger partial charge in [-0.2, -0.15) is 0 Å². The first-order chi connectivity index (χ1) is 8.72. The molecule has 0 atom stereocenters. The summed E-state index contributed by atoms with van der Waals surface area (Å²) in [5.41, 5.74) is 0.618. The number of ketones is 1. The Hall–Kier alpha value is -2.10. The maximum absolute atomic E-state index is 12.2. The number of hydrogen-bond acceptors (Lipinski definition) is 3. The van der Waals surface area contributed by atoms with Crippen LogP contribution in [0.3, 0.4) is 0 Å². The van der Waals surface area contributed by atoms with E-state index in [-0.39, 0.29) is 12.3 Å². The summed E-state index contributed by atoms with van der Waals surface area (Å²) < 4.78 is 7.29. The van der Waals surface area contributed by atoms with Crippen molar-refractivity contribution in [1.29, 1.82) is 0 Å². The number of aromatic nitrogens is 2. The van der Waals surface area contributed by atoms with Crippen molar-refractivity contribution in [1.82, 2.24) is 9.55 Å². The van der Waals surface area contributed by atoms with Crippen molar-refractivity contribution in [3.8, 4) is 5.75 Å². The minimum atomic E-state index is 0.0279. The molecule has 0 radical (unpaired) electrons. The van der Waals surface area contributed by atoms with E-state index in [4.69, 9.17) is 4.74 Å². The number of hydrogen-bond donors (Lipinski definition) is 0. The van der Waals surface area contributed by atoms with Crippen molar-refractivity contribution in [3.05, 3.63) is 48.0 Å². The van der Waals surface area contributed by atoms with Gasteiger partial charge in [0, 0.05) is 12.4 Å². The molecule has 0 saturated heterocycles. The molecule has 0 amide bonds. The summed E-state index contributed by atoms with van der Waals surface area (Å²) in [4.78, 5) is 16.3. The maximum atomic E-state index is 12.2. The van der Waals surface area contributed by atoms with Crippen molar-refractivity contribution in [2.75, 3.05) is 6.61 Å². The summed E-state index contributed by atoms with van der Waals surface area (Å²) in [6.45, 7) is 4.62. The molecule has 0 fully saturated rings. The normalized spacial score (nSPS) is 10.3. The Morgan fingerprint density at radius 1 is 1.39 bits per heavy atom. The number of benzene rings is 1. The Balaban J connectivity index is 2.21. The third-order valence-corrected chi connectivity index (χ3v) is 2.72. The van der Waals surface area contributed by atoms with Crippen molar-refractivity contribution < 1.29 is 9.53 Å². The van der Waals surface area contributed by atoms with Crippen LogP contribution in [-0.4, -0.2) is 21.9 Å². The molecule has 0 spiro atoms. The molecule has 4 nitrogen and oxygen atoms in total. The van der Waals surface area contributed by atoms with Gasteiger partial charge in [-0.25, -0.2) is 4.98 Å². The van der Waals surface area contributed by atoms with Gasteiger partial charge in [0.15, 0.2) is 5.78 Å². The van der Waals surface area contributed by atoms with Gasteiger partial charge in [-0.1, -0.05) is 12.1 Å². The summed E-state index contributed by atoms with van der Waals surface area (Å²) in [7, 11) is 0. The Bertz CT molecular complexity index is 546. The first-order valence-corrected chi connectivity index (χ1v) is 5.95. The number of aryl methyl sites for hydroxylation is 1. The molecule has 0 bridgehead atoms. The monoisotopic (exact) mass is 244 g/mol. The minimum Gasteiger partial charge on any atom is -0.493 e. The van der Waals surface area contributed by atoms with E-state index in [1.54, 1.807) is 18.5 Å². The molecule has 0 aliphatic rings. The molecule has 1 aromatic carbocycles. The number of carbonyl (C=O) groups excluding carboxylic acids is 1. The van der Waals surface area contributed by atoms with Crippen LogP contribution in [0.4, 0.5) is 0 Å². The van der Waals surface area contributed by atoms with Crippen LogP contribution >= 0.6 is 0 Å². The molecule has 1 aromatic heterocycles. The zero-order valence-corrected chi connectivity index (χ0v) is 10.6. The summed E-state index contributed by atoms with van der Waals surface area (Å²) in [5, 5.41) is 0. The summed E-state index contributed by atoms with van der Waals surface area (Å²) in [5.74, 6) is 1.50. The van der Waals surface area contributed by atoms with Gasteiger partial charge in [-0.3, -0.25) is 4.79 Å². The lowest BCUT2D eigenvalue weighted by molar-refractivity contribution is 0.0967. The fourth-order valence-corrected chi connectivity index (χ4v) is 1.79. The Morgan fingerprint density at radius 2 is 2.17 bits per heavy atom. The van der Waals surface area contributed by atoms with Crippen LogP contribution < -0.4 is 4.74 Å². The molecule has 0 unspecified atom stereocenters. The molecule has 94 valence electrons. The molecule has 0 aliphatic heterocycles. The molecule has 1 heterocycles. The molecular weight excluding hydrogens is 228 g/mol.